The molecule has 0 atom stereocenters. The van der Waals surface area contributed by atoms with E-state index in [1.54, 1.807) is 30.3 Å². The lowest BCUT2D eigenvalue weighted by Gasteiger charge is -2.26. The van der Waals surface area contributed by atoms with Crippen LogP contribution in [0.3, 0.4) is 0 Å². The third-order valence-electron chi connectivity index (χ3n) is 4.85. The number of esters is 1. The summed E-state index contributed by atoms with van der Waals surface area (Å²) in [6.07, 6.45) is 3.57. The molecule has 0 fully saturated rings. The number of amides is 2. The Balaban J connectivity index is 1.37. The maximum absolute atomic E-state index is 12.8. The van der Waals surface area contributed by atoms with Crippen molar-refractivity contribution in [3.05, 3.63) is 89.5 Å². The minimum atomic E-state index is -0.458. The highest BCUT2D eigenvalue weighted by Gasteiger charge is 2.32. The van der Waals surface area contributed by atoms with Gasteiger partial charge in [0.25, 0.3) is 11.8 Å². The van der Waals surface area contributed by atoms with Gasteiger partial charge in [-0.2, -0.15) is 0 Å². The summed E-state index contributed by atoms with van der Waals surface area (Å²) in [5.74, 6) is -1.22. The number of rotatable bonds is 6. The van der Waals surface area contributed by atoms with E-state index in [2.05, 4.69) is 0 Å². The summed E-state index contributed by atoms with van der Waals surface area (Å²) in [4.78, 5) is 38.7. The molecule has 0 bridgehead atoms. The summed E-state index contributed by atoms with van der Waals surface area (Å²) < 4.78 is 5.18. The zero-order valence-corrected chi connectivity index (χ0v) is 15.7. The van der Waals surface area contributed by atoms with Crippen LogP contribution in [-0.4, -0.2) is 35.8 Å². The number of hydrogen-bond acceptors (Lipinski definition) is 4. The lowest BCUT2D eigenvalue weighted by Crippen LogP contribution is -2.41. The maximum atomic E-state index is 12.8. The van der Waals surface area contributed by atoms with E-state index >= 15 is 0 Å². The van der Waals surface area contributed by atoms with Crippen LogP contribution < -0.4 is 0 Å². The second kappa shape index (κ2) is 8.10. The molecule has 3 aromatic rings. The molecular weight excluding hydrogens is 366 g/mol. The van der Waals surface area contributed by atoms with Gasteiger partial charge >= 0.3 is 5.97 Å². The van der Waals surface area contributed by atoms with Crippen LogP contribution in [0.2, 0.25) is 0 Å². The monoisotopic (exact) mass is 385 g/mol. The Morgan fingerprint density at radius 3 is 2.17 bits per heavy atom. The SMILES string of the molecule is O=C(CCN1C(=O)c2cccc3cccc(c23)C1=O)OC/C=C/c1ccccc1. The van der Waals surface area contributed by atoms with E-state index in [-0.39, 0.29) is 31.4 Å². The summed E-state index contributed by atoms with van der Waals surface area (Å²) in [5.41, 5.74) is 1.98. The first-order valence-corrected chi connectivity index (χ1v) is 9.40. The van der Waals surface area contributed by atoms with E-state index in [1.165, 1.54) is 0 Å². The minimum Gasteiger partial charge on any atom is -0.461 e. The van der Waals surface area contributed by atoms with Crippen molar-refractivity contribution in [3.63, 3.8) is 0 Å². The topological polar surface area (TPSA) is 63.7 Å². The highest BCUT2D eigenvalue weighted by Crippen LogP contribution is 2.29. The van der Waals surface area contributed by atoms with E-state index in [0.29, 0.717) is 16.5 Å². The Kier molecular flexibility index (Phi) is 5.20. The fourth-order valence-electron chi connectivity index (χ4n) is 3.45. The average molecular weight is 385 g/mol. The molecule has 5 heteroatoms. The molecule has 1 aliphatic heterocycles. The Morgan fingerprint density at radius 1 is 0.862 bits per heavy atom. The van der Waals surface area contributed by atoms with Gasteiger partial charge in [0.05, 0.1) is 6.42 Å². The molecule has 1 heterocycles. The predicted molar refractivity (Wildman–Crippen MR) is 110 cm³/mol. The van der Waals surface area contributed by atoms with E-state index in [9.17, 15) is 14.4 Å². The quantitative estimate of drug-likeness (QED) is 0.474. The summed E-state index contributed by atoms with van der Waals surface area (Å²) >= 11 is 0. The summed E-state index contributed by atoms with van der Waals surface area (Å²) in [6.45, 7) is 0.126. The molecule has 0 aliphatic carbocycles. The van der Waals surface area contributed by atoms with Gasteiger partial charge in [0.1, 0.15) is 6.61 Å². The van der Waals surface area contributed by atoms with Crippen LogP contribution >= 0.6 is 0 Å². The van der Waals surface area contributed by atoms with E-state index in [0.717, 1.165) is 15.8 Å². The van der Waals surface area contributed by atoms with E-state index < -0.39 is 5.97 Å². The molecule has 144 valence electrons. The summed E-state index contributed by atoms with van der Waals surface area (Å²) in [5, 5.41) is 1.53. The van der Waals surface area contributed by atoms with Crippen LogP contribution in [0.4, 0.5) is 0 Å². The van der Waals surface area contributed by atoms with Crippen LogP contribution in [0.25, 0.3) is 16.8 Å². The molecule has 2 amide bonds. The van der Waals surface area contributed by atoms with Crippen LogP contribution in [0.5, 0.6) is 0 Å². The van der Waals surface area contributed by atoms with Gasteiger partial charge in [-0.15, -0.1) is 0 Å². The second-order valence-electron chi connectivity index (χ2n) is 6.72. The van der Waals surface area contributed by atoms with Crippen molar-refractivity contribution in [2.45, 2.75) is 6.42 Å². The molecule has 3 aromatic carbocycles. The average Bonchev–Trinajstić information content (AvgIpc) is 2.75. The number of hydrogen-bond donors (Lipinski definition) is 0. The second-order valence-corrected chi connectivity index (χ2v) is 6.72. The van der Waals surface area contributed by atoms with Crippen molar-refractivity contribution in [2.24, 2.45) is 0 Å². The van der Waals surface area contributed by atoms with Gasteiger partial charge < -0.3 is 4.74 Å². The third kappa shape index (κ3) is 3.80. The summed E-state index contributed by atoms with van der Waals surface area (Å²) in [6, 6.07) is 20.4. The Hall–Kier alpha value is -3.73. The largest absolute Gasteiger partial charge is 0.461 e. The Bertz CT molecular complexity index is 1070. The number of benzene rings is 3. The number of imide groups is 1. The first-order valence-electron chi connectivity index (χ1n) is 9.40. The molecule has 0 N–H and O–H groups in total. The van der Waals surface area contributed by atoms with Gasteiger partial charge in [0.2, 0.25) is 0 Å². The Morgan fingerprint density at radius 2 is 1.52 bits per heavy atom. The lowest BCUT2D eigenvalue weighted by molar-refractivity contribution is -0.142. The van der Waals surface area contributed by atoms with Gasteiger partial charge in [0, 0.05) is 23.1 Å². The molecule has 0 spiro atoms. The molecule has 5 nitrogen and oxygen atoms in total. The first-order chi connectivity index (χ1) is 14.1. The standard InChI is InChI=1S/C24H19NO4/c26-21(29-16-6-9-17-7-2-1-3-8-17)14-15-25-23(27)19-12-4-10-18-11-5-13-20(22(18)19)24(25)28/h1-13H,14-16H2/b9-6+. The van der Waals surface area contributed by atoms with Crippen LogP contribution in [0.1, 0.15) is 32.7 Å². The van der Waals surface area contributed by atoms with Crippen molar-refractivity contribution in [2.75, 3.05) is 13.2 Å². The fourth-order valence-corrected chi connectivity index (χ4v) is 3.45. The van der Waals surface area contributed by atoms with Crippen LogP contribution in [-0.2, 0) is 9.53 Å². The zero-order valence-electron chi connectivity index (χ0n) is 15.7. The number of carbonyl (C=O) groups excluding carboxylic acids is 3. The molecule has 0 saturated carbocycles. The van der Waals surface area contributed by atoms with E-state index in [4.69, 9.17) is 4.74 Å². The number of ether oxygens (including phenoxy) is 1. The van der Waals surface area contributed by atoms with Gasteiger partial charge in [-0.05, 0) is 29.2 Å². The molecule has 4 rings (SSSR count). The predicted octanol–water partition coefficient (Wildman–Crippen LogP) is 4.08. The maximum Gasteiger partial charge on any atom is 0.307 e. The molecule has 0 radical (unpaired) electrons. The van der Waals surface area contributed by atoms with E-state index in [1.807, 2.05) is 48.5 Å². The van der Waals surface area contributed by atoms with Crippen molar-refractivity contribution < 1.29 is 19.1 Å². The highest BCUT2D eigenvalue weighted by atomic mass is 16.5. The number of carbonyl (C=O) groups is 3. The summed E-state index contributed by atoms with van der Waals surface area (Å²) in [7, 11) is 0. The molecule has 29 heavy (non-hydrogen) atoms. The Labute approximate surface area is 168 Å². The molecule has 0 unspecified atom stereocenters. The molecule has 0 saturated heterocycles. The van der Waals surface area contributed by atoms with Crippen molar-refractivity contribution in [1.82, 2.24) is 4.90 Å². The van der Waals surface area contributed by atoms with Gasteiger partial charge in [-0.25, -0.2) is 0 Å². The normalized spacial score (nSPS) is 13.3. The van der Waals surface area contributed by atoms with Gasteiger partial charge in [-0.3, -0.25) is 19.3 Å². The highest BCUT2D eigenvalue weighted by molar-refractivity contribution is 6.25. The third-order valence-corrected chi connectivity index (χ3v) is 4.85. The van der Waals surface area contributed by atoms with Gasteiger partial charge in [0.15, 0.2) is 0 Å². The van der Waals surface area contributed by atoms with Crippen molar-refractivity contribution in [1.29, 1.82) is 0 Å². The lowest BCUT2D eigenvalue weighted by atomic mass is 9.94. The van der Waals surface area contributed by atoms with Crippen LogP contribution in [0, 0.1) is 0 Å². The minimum absolute atomic E-state index is 0.0103. The fraction of sp³-hybridized carbons (Fsp3) is 0.125. The van der Waals surface area contributed by atoms with Crippen molar-refractivity contribution in [3.8, 4) is 0 Å². The number of nitrogens with zero attached hydrogens (tertiary/aromatic N) is 1. The smallest absolute Gasteiger partial charge is 0.307 e. The zero-order chi connectivity index (χ0) is 20.2. The van der Waals surface area contributed by atoms with Gasteiger partial charge in [-0.1, -0.05) is 60.7 Å². The van der Waals surface area contributed by atoms with Crippen molar-refractivity contribution >= 4 is 34.6 Å². The molecule has 0 aromatic heterocycles. The first kappa shape index (κ1) is 18.6. The molecule has 1 aliphatic rings. The molecular formula is C24H19NO4. The van der Waals surface area contributed by atoms with Crippen LogP contribution in [0.15, 0.2) is 72.8 Å².